The van der Waals surface area contributed by atoms with Crippen LogP contribution in [-0.2, 0) is 16.0 Å². The molecule has 1 fully saturated rings. The van der Waals surface area contributed by atoms with Crippen molar-refractivity contribution in [2.75, 3.05) is 10.2 Å². The number of nitrogens with zero attached hydrogens (tertiary/aromatic N) is 1. The highest BCUT2D eigenvalue weighted by molar-refractivity contribution is 6.23. The Kier molecular flexibility index (Phi) is 5.64. The minimum Gasteiger partial charge on any atom is -0.373 e. The molecular weight excluding hydrogens is 336 g/mol. The summed E-state index contributed by atoms with van der Waals surface area (Å²) in [6, 6.07) is 11.4. The Balaban J connectivity index is 1.77. The predicted molar refractivity (Wildman–Crippen MR) is 110 cm³/mol. The van der Waals surface area contributed by atoms with Gasteiger partial charge in [-0.15, -0.1) is 0 Å². The molecule has 0 radical (unpaired) electrons. The fraction of sp³-hybridized carbons (Fsp3) is 0.391. The number of hydrogen-bond donors (Lipinski definition) is 1. The van der Waals surface area contributed by atoms with Gasteiger partial charge in [0.15, 0.2) is 0 Å². The summed E-state index contributed by atoms with van der Waals surface area (Å²) in [6.07, 6.45) is 3.50. The van der Waals surface area contributed by atoms with Crippen LogP contribution < -0.4 is 10.2 Å². The monoisotopic (exact) mass is 364 g/mol. The van der Waals surface area contributed by atoms with Crippen molar-refractivity contribution in [2.24, 2.45) is 0 Å². The molecule has 2 aromatic rings. The van der Waals surface area contributed by atoms with E-state index in [1.807, 2.05) is 38.1 Å². The Morgan fingerprint density at radius 3 is 2.26 bits per heavy atom. The van der Waals surface area contributed by atoms with Gasteiger partial charge in [-0.25, -0.2) is 4.90 Å². The van der Waals surface area contributed by atoms with E-state index in [1.165, 1.54) is 16.0 Å². The van der Waals surface area contributed by atoms with E-state index in [0.29, 0.717) is 5.69 Å². The Bertz CT molecular complexity index is 832. The van der Waals surface area contributed by atoms with E-state index in [1.54, 1.807) is 0 Å². The first kappa shape index (κ1) is 19.2. The molecule has 3 rings (SSSR count). The lowest BCUT2D eigenvalue weighted by Gasteiger charge is -2.19. The molecule has 1 N–H and O–H groups in total. The number of nitrogens with one attached hydrogen (secondary N) is 1. The van der Waals surface area contributed by atoms with Crippen molar-refractivity contribution in [1.29, 1.82) is 0 Å². The van der Waals surface area contributed by atoms with E-state index in [4.69, 9.17) is 0 Å². The lowest BCUT2D eigenvalue weighted by Crippen LogP contribution is -2.35. The maximum atomic E-state index is 12.9. The van der Waals surface area contributed by atoms with Crippen LogP contribution in [-0.4, -0.2) is 17.9 Å². The lowest BCUT2D eigenvalue weighted by atomic mass is 10.0. The average Bonchev–Trinajstić information content (AvgIpc) is 2.90. The minimum absolute atomic E-state index is 0.152. The molecule has 1 aliphatic rings. The molecule has 0 bridgehead atoms. The number of imide groups is 1. The molecule has 0 aromatic heterocycles. The standard InChI is InChI=1S/C23H28N2O2/c1-5-6-7-18-8-10-19(11-9-18)25-21(26)14-20(23(25)27)24-22-16(3)12-15(2)13-17(22)4/h8-13,20,24H,5-7,14H2,1-4H3. The van der Waals surface area contributed by atoms with E-state index >= 15 is 0 Å². The average molecular weight is 364 g/mol. The van der Waals surface area contributed by atoms with E-state index in [-0.39, 0.29) is 18.2 Å². The summed E-state index contributed by atoms with van der Waals surface area (Å²) in [5.41, 5.74) is 6.21. The van der Waals surface area contributed by atoms with E-state index in [2.05, 4.69) is 31.3 Å². The molecule has 0 spiro atoms. The molecule has 1 heterocycles. The summed E-state index contributed by atoms with van der Waals surface area (Å²) in [5.74, 6) is -0.332. The first-order chi connectivity index (χ1) is 12.9. The van der Waals surface area contributed by atoms with Gasteiger partial charge in [0.25, 0.3) is 5.91 Å². The number of carbonyl (C=O) groups excluding carboxylic acids is 2. The number of amides is 2. The van der Waals surface area contributed by atoms with Crippen LogP contribution in [0.3, 0.4) is 0 Å². The molecule has 1 saturated heterocycles. The van der Waals surface area contributed by atoms with Crippen LogP contribution in [0.1, 0.15) is 48.4 Å². The van der Waals surface area contributed by atoms with Crippen LogP contribution in [0.4, 0.5) is 11.4 Å². The highest BCUT2D eigenvalue weighted by atomic mass is 16.2. The third-order valence-corrected chi connectivity index (χ3v) is 5.16. The minimum atomic E-state index is -0.516. The SMILES string of the molecule is CCCCc1ccc(N2C(=O)CC(Nc3c(C)cc(C)cc3C)C2=O)cc1. The van der Waals surface area contributed by atoms with Gasteiger partial charge in [0.1, 0.15) is 6.04 Å². The fourth-order valence-corrected chi connectivity index (χ4v) is 3.79. The van der Waals surface area contributed by atoms with Gasteiger partial charge < -0.3 is 5.32 Å². The van der Waals surface area contributed by atoms with Gasteiger partial charge in [-0.1, -0.05) is 43.2 Å². The molecule has 142 valence electrons. The van der Waals surface area contributed by atoms with E-state index in [0.717, 1.165) is 36.1 Å². The number of carbonyl (C=O) groups is 2. The predicted octanol–water partition coefficient (Wildman–Crippen LogP) is 4.70. The molecular formula is C23H28N2O2. The summed E-state index contributed by atoms with van der Waals surface area (Å²) >= 11 is 0. The Hall–Kier alpha value is -2.62. The Labute approximate surface area is 161 Å². The number of rotatable bonds is 6. The smallest absolute Gasteiger partial charge is 0.256 e. The third-order valence-electron chi connectivity index (χ3n) is 5.16. The van der Waals surface area contributed by atoms with Crippen molar-refractivity contribution >= 4 is 23.2 Å². The molecule has 4 heteroatoms. The van der Waals surface area contributed by atoms with Crippen molar-refractivity contribution < 1.29 is 9.59 Å². The van der Waals surface area contributed by atoms with Crippen molar-refractivity contribution in [2.45, 2.75) is 59.4 Å². The van der Waals surface area contributed by atoms with E-state index in [9.17, 15) is 9.59 Å². The van der Waals surface area contributed by atoms with Crippen molar-refractivity contribution in [3.63, 3.8) is 0 Å². The lowest BCUT2D eigenvalue weighted by molar-refractivity contribution is -0.121. The summed E-state index contributed by atoms with van der Waals surface area (Å²) in [7, 11) is 0. The maximum Gasteiger partial charge on any atom is 0.256 e. The van der Waals surface area contributed by atoms with Crippen LogP contribution in [0, 0.1) is 20.8 Å². The molecule has 2 aromatic carbocycles. The first-order valence-electron chi connectivity index (χ1n) is 9.70. The second kappa shape index (κ2) is 7.95. The summed E-state index contributed by atoms with van der Waals surface area (Å²) in [4.78, 5) is 26.8. The van der Waals surface area contributed by atoms with Crippen molar-refractivity contribution in [1.82, 2.24) is 0 Å². The number of aryl methyl sites for hydroxylation is 4. The molecule has 1 atom stereocenters. The molecule has 27 heavy (non-hydrogen) atoms. The van der Waals surface area contributed by atoms with Crippen molar-refractivity contribution in [3.8, 4) is 0 Å². The molecule has 1 unspecified atom stereocenters. The van der Waals surface area contributed by atoms with Gasteiger partial charge >= 0.3 is 0 Å². The highest BCUT2D eigenvalue weighted by Crippen LogP contribution is 2.28. The first-order valence-corrected chi connectivity index (χ1v) is 9.70. The molecule has 0 saturated carbocycles. The maximum absolute atomic E-state index is 12.9. The summed E-state index contributed by atoms with van der Waals surface area (Å²) < 4.78 is 0. The van der Waals surface area contributed by atoms with Crippen LogP contribution >= 0.6 is 0 Å². The molecule has 0 aliphatic carbocycles. The summed E-state index contributed by atoms with van der Waals surface area (Å²) in [5, 5.41) is 3.31. The van der Waals surface area contributed by atoms with Crippen LogP contribution in [0.15, 0.2) is 36.4 Å². The van der Waals surface area contributed by atoms with Gasteiger partial charge in [-0.3, -0.25) is 9.59 Å². The normalized spacial score (nSPS) is 16.9. The fourth-order valence-electron chi connectivity index (χ4n) is 3.79. The van der Waals surface area contributed by atoms with E-state index < -0.39 is 6.04 Å². The second-order valence-electron chi connectivity index (χ2n) is 7.51. The van der Waals surface area contributed by atoms with Gasteiger partial charge in [0.2, 0.25) is 5.91 Å². The zero-order valence-corrected chi connectivity index (χ0v) is 16.6. The zero-order valence-electron chi connectivity index (χ0n) is 16.6. The highest BCUT2D eigenvalue weighted by Gasteiger charge is 2.39. The van der Waals surface area contributed by atoms with Crippen molar-refractivity contribution in [3.05, 3.63) is 58.7 Å². The molecule has 2 amide bonds. The molecule has 4 nitrogen and oxygen atoms in total. The third kappa shape index (κ3) is 4.05. The van der Waals surface area contributed by atoms with Gasteiger partial charge in [-0.05, 0) is 62.4 Å². The largest absolute Gasteiger partial charge is 0.373 e. The number of unbranched alkanes of at least 4 members (excludes halogenated alkanes) is 1. The zero-order chi connectivity index (χ0) is 19.6. The number of anilines is 2. The topological polar surface area (TPSA) is 49.4 Å². The van der Waals surface area contributed by atoms with Crippen LogP contribution in [0.5, 0.6) is 0 Å². The quantitative estimate of drug-likeness (QED) is 0.756. The van der Waals surface area contributed by atoms with Gasteiger partial charge in [-0.2, -0.15) is 0 Å². The molecule has 1 aliphatic heterocycles. The second-order valence-corrected chi connectivity index (χ2v) is 7.51. The van der Waals surface area contributed by atoms with Gasteiger partial charge in [0.05, 0.1) is 12.1 Å². The Morgan fingerprint density at radius 1 is 1.04 bits per heavy atom. The Morgan fingerprint density at radius 2 is 1.67 bits per heavy atom. The van der Waals surface area contributed by atoms with Crippen LogP contribution in [0.2, 0.25) is 0 Å². The number of hydrogen-bond acceptors (Lipinski definition) is 3. The number of benzene rings is 2. The van der Waals surface area contributed by atoms with Crippen LogP contribution in [0.25, 0.3) is 0 Å². The summed E-state index contributed by atoms with van der Waals surface area (Å²) in [6.45, 7) is 8.27. The van der Waals surface area contributed by atoms with Gasteiger partial charge in [0, 0.05) is 5.69 Å².